The van der Waals surface area contributed by atoms with Crippen LogP contribution in [0.15, 0.2) is 66.7 Å². The van der Waals surface area contributed by atoms with Gasteiger partial charge in [-0.1, -0.05) is 77.3 Å². The molecule has 0 bridgehead atoms. The molecule has 1 atom stereocenters. The molecule has 0 unspecified atom stereocenters. The molecule has 3 aromatic rings. The van der Waals surface area contributed by atoms with Crippen LogP contribution in [0.2, 0.25) is 10.0 Å². The van der Waals surface area contributed by atoms with E-state index in [9.17, 15) is 4.39 Å². The molecule has 1 aliphatic heterocycles. The van der Waals surface area contributed by atoms with E-state index in [1.807, 2.05) is 30.3 Å². The van der Waals surface area contributed by atoms with Gasteiger partial charge in [-0.2, -0.15) is 0 Å². The number of hydrogen-bond acceptors (Lipinski definition) is 2. The molecule has 3 aromatic carbocycles. The summed E-state index contributed by atoms with van der Waals surface area (Å²) in [4.78, 5) is 4.62. The van der Waals surface area contributed by atoms with Crippen LogP contribution in [0, 0.1) is 12.7 Å². The Kier molecular flexibility index (Phi) is 6.21. The lowest BCUT2D eigenvalue weighted by molar-refractivity contribution is 0.125. The Balaban J connectivity index is 1.69. The third-order valence-corrected chi connectivity index (χ3v) is 6.08. The highest BCUT2D eigenvalue weighted by Gasteiger charge is 2.36. The third kappa shape index (κ3) is 4.49. The van der Waals surface area contributed by atoms with Gasteiger partial charge in [0.2, 0.25) is 0 Å². The minimum Gasteiger partial charge on any atom is -0.278 e. The maximum Gasteiger partial charge on any atom is 0.127 e. The van der Waals surface area contributed by atoms with Gasteiger partial charge in [0, 0.05) is 47.4 Å². The van der Waals surface area contributed by atoms with Gasteiger partial charge < -0.3 is 0 Å². The molecule has 1 heterocycles. The van der Waals surface area contributed by atoms with Crippen molar-refractivity contribution in [2.75, 3.05) is 13.1 Å². The maximum atomic E-state index is 14.3. The summed E-state index contributed by atoms with van der Waals surface area (Å²) >= 11 is 13.2. The molecule has 0 aromatic heterocycles. The molecule has 1 aliphatic rings. The zero-order valence-electron chi connectivity index (χ0n) is 16.3. The Morgan fingerprint density at radius 1 is 0.862 bits per heavy atom. The summed E-state index contributed by atoms with van der Waals surface area (Å²) in [5.74, 6) is -0.186. The Morgan fingerprint density at radius 3 is 2.21 bits per heavy atom. The highest BCUT2D eigenvalue weighted by atomic mass is 35.5. The predicted molar refractivity (Wildman–Crippen MR) is 118 cm³/mol. The Morgan fingerprint density at radius 2 is 1.52 bits per heavy atom. The lowest BCUT2D eigenvalue weighted by Gasteiger charge is -2.32. The van der Waals surface area contributed by atoms with Crippen molar-refractivity contribution in [2.45, 2.75) is 26.2 Å². The fourth-order valence-electron chi connectivity index (χ4n) is 4.08. The minimum absolute atomic E-state index is 0.115. The lowest BCUT2D eigenvalue weighted by atomic mass is 10.1. The quantitative estimate of drug-likeness (QED) is 0.460. The number of aryl methyl sites for hydroxylation is 1. The van der Waals surface area contributed by atoms with Crippen molar-refractivity contribution in [3.05, 3.63) is 105 Å². The van der Waals surface area contributed by atoms with Crippen LogP contribution in [0.3, 0.4) is 0 Å². The van der Waals surface area contributed by atoms with Gasteiger partial charge >= 0.3 is 0 Å². The van der Waals surface area contributed by atoms with E-state index in [1.165, 1.54) is 17.2 Å². The molecule has 1 fully saturated rings. The van der Waals surface area contributed by atoms with E-state index in [-0.39, 0.29) is 12.0 Å². The molecule has 0 N–H and O–H groups in total. The Labute approximate surface area is 181 Å². The SMILES string of the molecule is Cc1cccc(CN2CCN(Cc3ccccc3F)[C@H]2c2c(Cl)cccc2Cl)c1. The molecule has 29 heavy (non-hydrogen) atoms. The molecule has 4 rings (SSSR count). The molecule has 0 aliphatic carbocycles. The van der Waals surface area contributed by atoms with Crippen molar-refractivity contribution in [1.29, 1.82) is 0 Å². The standard InChI is InChI=1S/C24H23Cl2FN2/c1-17-6-4-7-18(14-17)15-28-12-13-29(16-19-8-2-3-11-22(19)27)24(28)23-20(25)9-5-10-21(23)26/h2-11,14,24H,12-13,15-16H2,1H3/t24-/m0/s1. The first-order valence-corrected chi connectivity index (χ1v) is 10.5. The predicted octanol–water partition coefficient (Wildman–Crippen LogP) is 6.46. The number of nitrogens with zero attached hydrogens (tertiary/aromatic N) is 2. The van der Waals surface area contributed by atoms with Crippen molar-refractivity contribution in [3.8, 4) is 0 Å². The van der Waals surface area contributed by atoms with Crippen molar-refractivity contribution >= 4 is 23.2 Å². The lowest BCUT2D eigenvalue weighted by Crippen LogP contribution is -2.31. The first kappa shape index (κ1) is 20.4. The molecule has 2 nitrogen and oxygen atoms in total. The number of benzene rings is 3. The fourth-order valence-corrected chi connectivity index (χ4v) is 4.67. The smallest absolute Gasteiger partial charge is 0.127 e. The fraction of sp³-hybridized carbons (Fsp3) is 0.250. The topological polar surface area (TPSA) is 6.48 Å². The monoisotopic (exact) mass is 428 g/mol. The van der Waals surface area contributed by atoms with E-state index >= 15 is 0 Å². The van der Waals surface area contributed by atoms with Gasteiger partial charge in [0.05, 0.1) is 6.17 Å². The zero-order valence-corrected chi connectivity index (χ0v) is 17.8. The highest BCUT2D eigenvalue weighted by Crippen LogP contribution is 2.40. The first-order valence-electron chi connectivity index (χ1n) is 9.74. The van der Waals surface area contributed by atoms with Crippen LogP contribution in [-0.4, -0.2) is 22.9 Å². The number of rotatable bonds is 5. The van der Waals surface area contributed by atoms with Gasteiger partial charge in [-0.25, -0.2) is 4.39 Å². The average molecular weight is 429 g/mol. The Bertz CT molecular complexity index is 987. The summed E-state index contributed by atoms with van der Waals surface area (Å²) in [6, 6.07) is 21.0. The second kappa shape index (κ2) is 8.85. The molecular formula is C24H23Cl2FN2. The summed E-state index contributed by atoms with van der Waals surface area (Å²) in [6.45, 7) is 5.05. The molecular weight excluding hydrogens is 406 g/mol. The van der Waals surface area contributed by atoms with Gasteiger partial charge in [-0.15, -0.1) is 0 Å². The molecule has 1 saturated heterocycles. The summed E-state index contributed by atoms with van der Waals surface area (Å²) in [7, 11) is 0. The third-order valence-electron chi connectivity index (χ3n) is 5.42. The summed E-state index contributed by atoms with van der Waals surface area (Å²) < 4.78 is 14.3. The molecule has 0 spiro atoms. The molecule has 0 amide bonds. The zero-order chi connectivity index (χ0) is 20.4. The van der Waals surface area contributed by atoms with Gasteiger partial charge in [-0.3, -0.25) is 9.80 Å². The van der Waals surface area contributed by atoms with E-state index in [0.717, 1.165) is 25.2 Å². The van der Waals surface area contributed by atoms with E-state index in [1.54, 1.807) is 6.07 Å². The van der Waals surface area contributed by atoms with Crippen molar-refractivity contribution < 1.29 is 4.39 Å². The number of hydrogen-bond donors (Lipinski definition) is 0. The molecule has 150 valence electrons. The maximum absolute atomic E-state index is 14.3. The molecule has 5 heteroatoms. The Hall–Kier alpha value is -1.91. The normalized spacial score (nSPS) is 17.7. The van der Waals surface area contributed by atoms with Crippen LogP contribution in [-0.2, 0) is 13.1 Å². The van der Waals surface area contributed by atoms with Crippen LogP contribution in [0.25, 0.3) is 0 Å². The van der Waals surface area contributed by atoms with Crippen LogP contribution in [0.5, 0.6) is 0 Å². The van der Waals surface area contributed by atoms with E-state index in [0.29, 0.717) is 22.2 Å². The molecule has 0 saturated carbocycles. The highest BCUT2D eigenvalue weighted by molar-refractivity contribution is 6.36. The van der Waals surface area contributed by atoms with E-state index in [2.05, 4.69) is 41.0 Å². The summed E-state index contributed by atoms with van der Waals surface area (Å²) in [6.07, 6.45) is -0.115. The van der Waals surface area contributed by atoms with Gasteiger partial charge in [-0.05, 0) is 30.7 Å². The van der Waals surface area contributed by atoms with Crippen molar-refractivity contribution in [3.63, 3.8) is 0 Å². The second-order valence-electron chi connectivity index (χ2n) is 7.53. The van der Waals surface area contributed by atoms with Crippen LogP contribution < -0.4 is 0 Å². The van der Waals surface area contributed by atoms with E-state index < -0.39 is 0 Å². The second-order valence-corrected chi connectivity index (χ2v) is 8.34. The van der Waals surface area contributed by atoms with Crippen molar-refractivity contribution in [1.82, 2.24) is 9.80 Å². The summed E-state index contributed by atoms with van der Waals surface area (Å²) in [5.41, 5.74) is 4.04. The average Bonchev–Trinajstić information content (AvgIpc) is 3.06. The largest absolute Gasteiger partial charge is 0.278 e. The van der Waals surface area contributed by atoms with Gasteiger partial charge in [0.1, 0.15) is 5.82 Å². The summed E-state index contributed by atoms with van der Waals surface area (Å²) in [5, 5.41) is 1.27. The van der Waals surface area contributed by atoms with Gasteiger partial charge in [0.25, 0.3) is 0 Å². The van der Waals surface area contributed by atoms with Crippen LogP contribution in [0.4, 0.5) is 4.39 Å². The first-order chi connectivity index (χ1) is 14.0. The van der Waals surface area contributed by atoms with Crippen LogP contribution >= 0.6 is 23.2 Å². The van der Waals surface area contributed by atoms with Crippen molar-refractivity contribution in [2.24, 2.45) is 0 Å². The molecule has 0 radical (unpaired) electrons. The number of halogens is 3. The van der Waals surface area contributed by atoms with E-state index in [4.69, 9.17) is 23.2 Å². The van der Waals surface area contributed by atoms with Crippen LogP contribution in [0.1, 0.15) is 28.4 Å². The minimum atomic E-state index is -0.186. The van der Waals surface area contributed by atoms with Gasteiger partial charge in [0.15, 0.2) is 0 Å².